The number of nitrogens with two attached hydrogens (primary N) is 1. The third-order valence-corrected chi connectivity index (χ3v) is 4.81. The lowest BCUT2D eigenvalue weighted by Crippen LogP contribution is -2.16. The zero-order valence-corrected chi connectivity index (χ0v) is 17.5. The average molecular weight is 391 g/mol. The van der Waals surface area contributed by atoms with Gasteiger partial charge in [-0.15, -0.1) is 0 Å². The van der Waals surface area contributed by atoms with Crippen LogP contribution >= 0.6 is 0 Å². The molecule has 1 aromatic rings. The van der Waals surface area contributed by atoms with Gasteiger partial charge in [0.2, 0.25) is 5.91 Å². The van der Waals surface area contributed by atoms with Crippen LogP contribution in [0.15, 0.2) is 24.3 Å². The van der Waals surface area contributed by atoms with Crippen LogP contribution in [0.2, 0.25) is 0 Å². The molecule has 0 fully saturated rings. The number of benzene rings is 1. The van der Waals surface area contributed by atoms with E-state index in [9.17, 15) is 9.59 Å². The minimum absolute atomic E-state index is 0.0539. The Bertz CT molecular complexity index is 543. The van der Waals surface area contributed by atoms with Crippen molar-refractivity contribution in [1.29, 1.82) is 0 Å². The van der Waals surface area contributed by atoms with E-state index >= 15 is 0 Å². The van der Waals surface area contributed by atoms with Crippen molar-refractivity contribution in [3.63, 3.8) is 0 Å². The smallest absolute Gasteiger partial charge is 0.320 e. The Morgan fingerprint density at radius 2 is 1.39 bits per heavy atom. The van der Waals surface area contributed by atoms with E-state index in [2.05, 4.69) is 12.2 Å². The Morgan fingerprint density at radius 3 is 1.93 bits per heavy atom. The van der Waals surface area contributed by atoms with E-state index in [4.69, 9.17) is 10.5 Å². The summed E-state index contributed by atoms with van der Waals surface area (Å²) in [5.74, 6) is -0.373. The number of carbonyl (C=O) groups is 2. The van der Waals surface area contributed by atoms with Crippen LogP contribution in [0.4, 0.5) is 5.69 Å². The molecule has 0 bridgehead atoms. The summed E-state index contributed by atoms with van der Waals surface area (Å²) in [6.07, 6.45) is 14.6. The number of unbranched alkanes of at least 4 members (excludes halogenated alkanes) is 10. The van der Waals surface area contributed by atoms with Crippen molar-refractivity contribution in [3.8, 4) is 0 Å². The third-order valence-electron chi connectivity index (χ3n) is 4.81. The van der Waals surface area contributed by atoms with Crippen LogP contribution in [-0.4, -0.2) is 18.4 Å². The van der Waals surface area contributed by atoms with Gasteiger partial charge in [-0.05, 0) is 24.1 Å². The molecule has 0 aliphatic heterocycles. The number of nitrogens with one attached hydrogen (secondary N) is 1. The van der Waals surface area contributed by atoms with Crippen LogP contribution < -0.4 is 11.1 Å². The highest BCUT2D eigenvalue weighted by Crippen LogP contribution is 2.14. The second kappa shape index (κ2) is 16.1. The predicted molar refractivity (Wildman–Crippen MR) is 115 cm³/mol. The molecular formula is C23H38N2O3. The van der Waals surface area contributed by atoms with Crippen molar-refractivity contribution in [2.24, 2.45) is 5.73 Å². The number of hydrogen-bond donors (Lipinski definition) is 2. The van der Waals surface area contributed by atoms with Gasteiger partial charge in [0.05, 0.1) is 6.54 Å². The maximum atomic E-state index is 12.0. The summed E-state index contributed by atoms with van der Waals surface area (Å²) >= 11 is 0. The van der Waals surface area contributed by atoms with Crippen LogP contribution in [0, 0.1) is 0 Å². The third kappa shape index (κ3) is 12.5. The number of amides is 1. The summed E-state index contributed by atoms with van der Waals surface area (Å²) in [7, 11) is 0. The maximum absolute atomic E-state index is 12.0. The Balaban J connectivity index is 2.03. The highest BCUT2D eigenvalue weighted by molar-refractivity contribution is 5.90. The summed E-state index contributed by atoms with van der Waals surface area (Å²) in [5.41, 5.74) is 6.83. The Labute approximate surface area is 170 Å². The van der Waals surface area contributed by atoms with Crippen LogP contribution in [0.5, 0.6) is 0 Å². The lowest BCUT2D eigenvalue weighted by atomic mass is 10.1. The molecule has 0 radical (unpaired) electrons. The van der Waals surface area contributed by atoms with Crippen LogP contribution in [0.25, 0.3) is 0 Å². The average Bonchev–Trinajstić information content (AvgIpc) is 2.71. The first-order valence-corrected chi connectivity index (χ1v) is 10.9. The minimum atomic E-state index is -0.427. The first-order valence-electron chi connectivity index (χ1n) is 10.9. The topological polar surface area (TPSA) is 81.4 Å². The first kappa shape index (κ1) is 24.2. The molecule has 0 spiro atoms. The van der Waals surface area contributed by atoms with Gasteiger partial charge in [0, 0.05) is 12.1 Å². The molecule has 0 atom stereocenters. The van der Waals surface area contributed by atoms with E-state index < -0.39 is 5.97 Å². The number of esters is 1. The molecule has 0 saturated heterocycles. The molecule has 1 rings (SSSR count). The highest BCUT2D eigenvalue weighted by atomic mass is 16.5. The molecule has 1 aromatic carbocycles. The fourth-order valence-electron chi connectivity index (χ4n) is 3.08. The van der Waals surface area contributed by atoms with E-state index in [1.165, 1.54) is 57.8 Å². The van der Waals surface area contributed by atoms with Crippen molar-refractivity contribution in [2.75, 3.05) is 11.9 Å². The molecule has 3 N–H and O–H groups in total. The molecule has 5 heteroatoms. The number of hydrogen-bond acceptors (Lipinski definition) is 4. The molecule has 0 aliphatic carbocycles. The van der Waals surface area contributed by atoms with Crippen molar-refractivity contribution in [1.82, 2.24) is 0 Å². The largest absolute Gasteiger partial charge is 0.460 e. The van der Waals surface area contributed by atoms with Gasteiger partial charge >= 0.3 is 5.97 Å². The predicted octanol–water partition coefficient (Wildman–Crippen LogP) is 5.33. The zero-order valence-electron chi connectivity index (χ0n) is 17.5. The molecule has 158 valence electrons. The van der Waals surface area contributed by atoms with E-state index in [0.29, 0.717) is 6.42 Å². The summed E-state index contributed by atoms with van der Waals surface area (Å²) < 4.78 is 4.97. The molecule has 0 heterocycles. The number of anilines is 1. The van der Waals surface area contributed by atoms with E-state index in [-0.39, 0.29) is 19.1 Å². The highest BCUT2D eigenvalue weighted by Gasteiger charge is 2.04. The lowest BCUT2D eigenvalue weighted by molar-refractivity contribution is -0.143. The summed E-state index contributed by atoms with van der Waals surface area (Å²) in [5, 5.41) is 2.91. The molecule has 1 amide bonds. The quantitative estimate of drug-likeness (QED) is 0.295. The van der Waals surface area contributed by atoms with Gasteiger partial charge in [-0.25, -0.2) is 0 Å². The number of ether oxygens (including phenoxy) is 1. The molecule has 0 aromatic heterocycles. The van der Waals surface area contributed by atoms with Gasteiger partial charge in [-0.2, -0.15) is 0 Å². The van der Waals surface area contributed by atoms with Gasteiger partial charge in [0.25, 0.3) is 0 Å². The molecular weight excluding hydrogens is 352 g/mol. The van der Waals surface area contributed by atoms with Crippen LogP contribution in [0.3, 0.4) is 0 Å². The summed E-state index contributed by atoms with van der Waals surface area (Å²) in [6.45, 7) is 2.33. The van der Waals surface area contributed by atoms with Gasteiger partial charge in [0.1, 0.15) is 6.61 Å². The van der Waals surface area contributed by atoms with Crippen molar-refractivity contribution in [2.45, 2.75) is 90.6 Å². The number of carbonyl (C=O) groups excluding carboxylic acids is 2. The van der Waals surface area contributed by atoms with E-state index in [1.807, 2.05) is 24.3 Å². The fraction of sp³-hybridized carbons (Fsp3) is 0.652. The van der Waals surface area contributed by atoms with Crippen LogP contribution in [0.1, 0.15) is 89.5 Å². The van der Waals surface area contributed by atoms with E-state index in [1.54, 1.807) is 0 Å². The van der Waals surface area contributed by atoms with Crippen molar-refractivity contribution >= 4 is 17.6 Å². The van der Waals surface area contributed by atoms with Gasteiger partial charge < -0.3 is 15.8 Å². The van der Waals surface area contributed by atoms with Crippen molar-refractivity contribution < 1.29 is 14.3 Å². The van der Waals surface area contributed by atoms with Crippen molar-refractivity contribution in [3.05, 3.63) is 29.8 Å². The monoisotopic (exact) mass is 390 g/mol. The Kier molecular flexibility index (Phi) is 13.9. The molecule has 0 saturated carbocycles. The lowest BCUT2D eigenvalue weighted by Gasteiger charge is -2.07. The standard InChI is InChI=1S/C23H38N2O3/c1-2-3-4-5-6-7-8-9-10-11-12-13-22(26)25-21-16-14-20(15-17-21)19-28-23(27)18-24/h14-17H,2-13,18-19,24H2,1H3,(H,25,26). The molecule has 0 unspecified atom stereocenters. The first-order chi connectivity index (χ1) is 13.7. The summed E-state index contributed by atoms with van der Waals surface area (Å²) in [6, 6.07) is 7.32. The van der Waals surface area contributed by atoms with Gasteiger partial charge in [-0.1, -0.05) is 83.3 Å². The van der Waals surface area contributed by atoms with Crippen LogP contribution in [-0.2, 0) is 20.9 Å². The van der Waals surface area contributed by atoms with Gasteiger partial charge in [0.15, 0.2) is 0 Å². The number of rotatable bonds is 16. The van der Waals surface area contributed by atoms with E-state index in [0.717, 1.165) is 24.1 Å². The molecule has 5 nitrogen and oxygen atoms in total. The zero-order chi connectivity index (χ0) is 20.5. The maximum Gasteiger partial charge on any atom is 0.320 e. The second-order valence-electron chi connectivity index (χ2n) is 7.40. The molecule has 0 aliphatic rings. The second-order valence-corrected chi connectivity index (χ2v) is 7.40. The Hall–Kier alpha value is -1.88. The fourth-order valence-corrected chi connectivity index (χ4v) is 3.08. The molecule has 28 heavy (non-hydrogen) atoms. The normalized spacial score (nSPS) is 10.6. The summed E-state index contributed by atoms with van der Waals surface area (Å²) in [4.78, 5) is 23.1. The minimum Gasteiger partial charge on any atom is -0.460 e. The van der Waals surface area contributed by atoms with Gasteiger partial charge in [-0.3, -0.25) is 9.59 Å². The SMILES string of the molecule is CCCCCCCCCCCCCC(=O)Nc1ccc(COC(=O)CN)cc1. The Morgan fingerprint density at radius 1 is 0.857 bits per heavy atom.